The van der Waals surface area contributed by atoms with E-state index in [1.54, 1.807) is 57.2 Å². The highest BCUT2D eigenvalue weighted by atomic mass is 35.5. The quantitative estimate of drug-likeness (QED) is 0.125. The number of benzene rings is 3. The molecule has 0 aliphatic carbocycles. The molecule has 0 radical (unpaired) electrons. The van der Waals surface area contributed by atoms with Crippen molar-refractivity contribution in [2.24, 2.45) is 0 Å². The number of halogens is 3. The second kappa shape index (κ2) is 12.1. The lowest BCUT2D eigenvalue weighted by atomic mass is 9.85. The van der Waals surface area contributed by atoms with E-state index in [-0.39, 0.29) is 25.2 Å². The van der Waals surface area contributed by atoms with Crippen LogP contribution in [-0.2, 0) is 0 Å². The molecular weight excluding hydrogens is 539 g/mol. The molecule has 3 N–H and O–H groups in total. The van der Waals surface area contributed by atoms with Crippen LogP contribution in [0.25, 0.3) is 0 Å². The fraction of sp³-hybridized carbons (Fsp3) is 0.357. The molecule has 9 heteroatoms. The van der Waals surface area contributed by atoms with Gasteiger partial charge in [-0.3, -0.25) is 0 Å². The lowest BCUT2D eigenvalue weighted by molar-refractivity contribution is -0.0635. The fourth-order valence-corrected chi connectivity index (χ4v) is 3.79. The van der Waals surface area contributed by atoms with Gasteiger partial charge >= 0.3 is 0 Å². The van der Waals surface area contributed by atoms with Gasteiger partial charge in [0, 0.05) is 25.2 Å². The van der Waals surface area contributed by atoms with E-state index in [1.165, 1.54) is 0 Å². The average Bonchev–Trinajstić information content (AvgIpc) is 2.87. The highest BCUT2D eigenvalue weighted by Crippen LogP contribution is 2.36. The first-order valence-corrected chi connectivity index (χ1v) is 13.1. The molecule has 6 nitrogen and oxygen atoms in total. The van der Waals surface area contributed by atoms with Gasteiger partial charge in [-0.15, -0.1) is 0 Å². The Balaban J connectivity index is 1.95. The molecule has 0 amide bonds. The van der Waals surface area contributed by atoms with Gasteiger partial charge in [-0.05, 0) is 87.9 Å². The number of rotatable bonds is 12. The van der Waals surface area contributed by atoms with Crippen molar-refractivity contribution >= 4 is 34.8 Å². The van der Waals surface area contributed by atoms with Gasteiger partial charge in [0.1, 0.15) is 17.2 Å². The van der Waals surface area contributed by atoms with E-state index in [4.69, 9.17) is 49.0 Å². The molecule has 0 saturated heterocycles. The number of hydrogen-bond acceptors (Lipinski definition) is 6. The largest absolute Gasteiger partial charge is 0.449 e. The average molecular weight is 570 g/mol. The van der Waals surface area contributed by atoms with Crippen molar-refractivity contribution in [1.29, 1.82) is 0 Å². The van der Waals surface area contributed by atoms with Gasteiger partial charge < -0.3 is 29.5 Å². The van der Waals surface area contributed by atoms with E-state index in [9.17, 15) is 15.3 Å². The molecule has 3 rings (SSSR count). The van der Waals surface area contributed by atoms with Crippen molar-refractivity contribution in [3.8, 4) is 17.2 Å². The Kier molecular flexibility index (Phi) is 9.62. The smallest absolute Gasteiger partial charge is 0.287 e. The van der Waals surface area contributed by atoms with Crippen LogP contribution in [0.2, 0.25) is 0 Å². The van der Waals surface area contributed by atoms with Crippen LogP contribution in [0.1, 0.15) is 62.6 Å². The number of ether oxygens (including phenoxy) is 3. The molecule has 0 heterocycles. The van der Waals surface area contributed by atoms with E-state index in [0.29, 0.717) is 17.2 Å². The molecule has 0 aliphatic heterocycles. The van der Waals surface area contributed by atoms with Gasteiger partial charge in [-0.1, -0.05) is 57.2 Å². The Hall–Kier alpha value is -2.19. The van der Waals surface area contributed by atoms with Crippen molar-refractivity contribution in [3.63, 3.8) is 0 Å². The van der Waals surface area contributed by atoms with E-state index < -0.39 is 15.7 Å². The maximum absolute atomic E-state index is 10.0. The van der Waals surface area contributed by atoms with Crippen LogP contribution < -0.4 is 14.2 Å². The summed E-state index contributed by atoms with van der Waals surface area (Å²) in [5, 5.41) is 24.7. The molecule has 37 heavy (non-hydrogen) atoms. The number of aliphatic hydroxyl groups is 3. The van der Waals surface area contributed by atoms with Crippen molar-refractivity contribution < 1.29 is 29.5 Å². The Labute approximate surface area is 232 Å². The SMILES string of the molecule is CCC(O)(Cl)Oc1ccc(C(c2ccc(OC(O)(Cl)CC)cc2)c2ccc(OC(O)(Cl)CC)cc2)cc1. The molecule has 3 aromatic rings. The lowest BCUT2D eigenvalue weighted by Crippen LogP contribution is -2.27. The van der Waals surface area contributed by atoms with Crippen molar-refractivity contribution in [2.45, 2.75) is 61.7 Å². The highest BCUT2D eigenvalue weighted by molar-refractivity contribution is 6.22. The Morgan fingerprint density at radius 2 is 0.730 bits per heavy atom. The van der Waals surface area contributed by atoms with Crippen LogP contribution in [-0.4, -0.2) is 31.1 Å². The van der Waals surface area contributed by atoms with E-state index in [2.05, 4.69) is 0 Å². The van der Waals surface area contributed by atoms with Gasteiger partial charge in [0.25, 0.3) is 15.7 Å². The van der Waals surface area contributed by atoms with Crippen molar-refractivity contribution in [1.82, 2.24) is 0 Å². The first kappa shape index (κ1) is 29.4. The van der Waals surface area contributed by atoms with Crippen LogP contribution >= 0.6 is 34.8 Å². The summed E-state index contributed by atoms with van der Waals surface area (Å²) in [6, 6.07) is 21.8. The van der Waals surface area contributed by atoms with Crippen LogP contribution in [0.3, 0.4) is 0 Å². The monoisotopic (exact) mass is 568 g/mol. The Morgan fingerprint density at radius 3 is 0.919 bits per heavy atom. The molecule has 0 saturated carbocycles. The second-order valence-electron chi connectivity index (χ2n) is 8.57. The molecule has 0 spiro atoms. The summed E-state index contributed by atoms with van der Waals surface area (Å²) < 4.78 is 16.4. The van der Waals surface area contributed by atoms with Crippen LogP contribution in [0.15, 0.2) is 72.8 Å². The van der Waals surface area contributed by atoms with Gasteiger partial charge in [0.15, 0.2) is 0 Å². The van der Waals surface area contributed by atoms with Crippen molar-refractivity contribution in [2.75, 3.05) is 0 Å². The molecule has 0 aliphatic rings. The van der Waals surface area contributed by atoms with Crippen LogP contribution in [0.5, 0.6) is 17.2 Å². The predicted molar refractivity (Wildman–Crippen MR) is 145 cm³/mol. The topological polar surface area (TPSA) is 88.4 Å². The summed E-state index contributed by atoms with van der Waals surface area (Å²) >= 11 is 17.8. The lowest BCUT2D eigenvalue weighted by Gasteiger charge is -2.24. The maximum atomic E-state index is 10.0. The van der Waals surface area contributed by atoms with Gasteiger partial charge in [0.05, 0.1) is 0 Å². The normalized spacial score (nSPS) is 17.1. The van der Waals surface area contributed by atoms with Gasteiger partial charge in [-0.2, -0.15) is 0 Å². The molecule has 3 unspecified atom stereocenters. The summed E-state index contributed by atoms with van der Waals surface area (Å²) in [5.41, 5.74) is 2.82. The van der Waals surface area contributed by atoms with E-state index in [1.807, 2.05) is 36.4 Å². The summed E-state index contributed by atoms with van der Waals surface area (Å²) in [6.45, 7) is 5.15. The number of hydrogen-bond donors (Lipinski definition) is 3. The first-order chi connectivity index (χ1) is 17.4. The Morgan fingerprint density at radius 1 is 0.514 bits per heavy atom. The number of alkyl halides is 3. The molecule has 0 bridgehead atoms. The van der Waals surface area contributed by atoms with Gasteiger partial charge in [0.2, 0.25) is 0 Å². The van der Waals surface area contributed by atoms with Crippen LogP contribution in [0, 0.1) is 0 Å². The van der Waals surface area contributed by atoms with Crippen molar-refractivity contribution in [3.05, 3.63) is 89.5 Å². The zero-order valence-corrected chi connectivity index (χ0v) is 23.1. The summed E-state index contributed by atoms with van der Waals surface area (Å²) in [4.78, 5) is 0. The third kappa shape index (κ3) is 8.40. The van der Waals surface area contributed by atoms with Gasteiger partial charge in [-0.25, -0.2) is 0 Å². The van der Waals surface area contributed by atoms with E-state index in [0.717, 1.165) is 16.7 Å². The molecule has 3 atom stereocenters. The maximum Gasteiger partial charge on any atom is 0.287 e. The molecule has 3 aromatic carbocycles. The molecule has 200 valence electrons. The molecule has 0 aromatic heterocycles. The summed E-state index contributed by atoms with van der Waals surface area (Å²) in [5.74, 6) is 1.07. The minimum atomic E-state index is -1.78. The minimum Gasteiger partial charge on any atom is -0.449 e. The first-order valence-electron chi connectivity index (χ1n) is 12.0. The zero-order valence-electron chi connectivity index (χ0n) is 20.8. The summed E-state index contributed by atoms with van der Waals surface area (Å²) in [7, 11) is 0. The predicted octanol–water partition coefficient (Wildman–Crippen LogP) is 6.89. The minimum absolute atomic E-state index is 0.208. The third-order valence-electron chi connectivity index (χ3n) is 5.77. The zero-order chi connectivity index (χ0) is 27.3. The van der Waals surface area contributed by atoms with Crippen LogP contribution in [0.4, 0.5) is 0 Å². The highest BCUT2D eigenvalue weighted by Gasteiger charge is 2.26. The second-order valence-corrected chi connectivity index (χ2v) is 10.3. The molecular formula is C28H31Cl3O6. The fourth-order valence-electron chi connectivity index (χ4n) is 3.52. The third-order valence-corrected chi connectivity index (χ3v) is 6.80. The standard InChI is InChI=1S/C28H31Cl3O6/c1-4-26(29,32)35-22-13-7-19(8-14-22)25(20-9-15-23(16-10-20)36-27(30,33)5-2)21-11-17-24(18-12-21)37-28(31,34)6-3/h7-18,25,32-34H,4-6H2,1-3H3. The summed E-state index contributed by atoms with van der Waals surface area (Å²) in [6.07, 6.45) is 0.645. The Bertz CT molecular complexity index is 984. The van der Waals surface area contributed by atoms with E-state index >= 15 is 0 Å². The molecule has 0 fully saturated rings.